The van der Waals surface area contributed by atoms with Crippen LogP contribution in [0.3, 0.4) is 0 Å². The van der Waals surface area contributed by atoms with Crippen molar-refractivity contribution in [3.8, 4) is 22.8 Å². The Labute approximate surface area is 136 Å². The fraction of sp³-hybridized carbons (Fsp3) is 0.333. The molecule has 1 aromatic heterocycles. The summed E-state index contributed by atoms with van der Waals surface area (Å²) in [6.45, 7) is 0.336. The molecule has 0 spiro atoms. The van der Waals surface area contributed by atoms with Crippen molar-refractivity contribution < 1.29 is 18.8 Å². The lowest BCUT2D eigenvalue weighted by Crippen LogP contribution is -2.22. The number of alkyl halides is 1. The summed E-state index contributed by atoms with van der Waals surface area (Å²) in [5.41, 5.74) is 1.48. The molecule has 1 amide bonds. The lowest BCUT2D eigenvalue weighted by atomic mass is 10.1. The molecule has 1 heterocycles. The number of hydrogen-bond acceptors (Lipinski definition) is 5. The van der Waals surface area contributed by atoms with Crippen molar-refractivity contribution in [1.82, 2.24) is 10.5 Å². The standard InChI is InChI=1S/C15H17BrN2O4/c1-20-12-4-3-10(7-14(12)21-2)13-8-11(18-22-13)9-17-15(19)5-6-16/h3-4,7-8H,5-6,9H2,1-2H3,(H,17,19). The van der Waals surface area contributed by atoms with Crippen LogP contribution in [-0.4, -0.2) is 30.6 Å². The molecule has 0 atom stereocenters. The second kappa shape index (κ2) is 7.84. The van der Waals surface area contributed by atoms with Crippen LogP contribution < -0.4 is 14.8 Å². The van der Waals surface area contributed by atoms with Crippen molar-refractivity contribution in [2.45, 2.75) is 13.0 Å². The Balaban J connectivity index is 2.09. The van der Waals surface area contributed by atoms with Gasteiger partial charge in [-0.2, -0.15) is 0 Å². The third kappa shape index (κ3) is 4.00. The fourth-order valence-electron chi connectivity index (χ4n) is 1.88. The summed E-state index contributed by atoms with van der Waals surface area (Å²) in [6, 6.07) is 7.26. The Morgan fingerprint density at radius 1 is 1.27 bits per heavy atom. The highest BCUT2D eigenvalue weighted by molar-refractivity contribution is 9.09. The molecule has 0 fully saturated rings. The zero-order chi connectivity index (χ0) is 15.9. The molecule has 0 radical (unpaired) electrons. The van der Waals surface area contributed by atoms with Crippen molar-refractivity contribution in [3.05, 3.63) is 30.0 Å². The average Bonchev–Trinajstić information content (AvgIpc) is 3.01. The van der Waals surface area contributed by atoms with Crippen LogP contribution >= 0.6 is 15.9 Å². The van der Waals surface area contributed by atoms with Gasteiger partial charge in [0.2, 0.25) is 5.91 Å². The molecule has 118 valence electrons. The first-order valence-corrected chi connectivity index (χ1v) is 7.80. The van der Waals surface area contributed by atoms with Gasteiger partial charge in [-0.1, -0.05) is 21.1 Å². The fourth-order valence-corrected chi connectivity index (χ4v) is 2.24. The minimum Gasteiger partial charge on any atom is -0.493 e. The highest BCUT2D eigenvalue weighted by Crippen LogP contribution is 2.32. The molecule has 1 aromatic carbocycles. The second-order valence-corrected chi connectivity index (χ2v) is 5.26. The molecule has 22 heavy (non-hydrogen) atoms. The quantitative estimate of drug-likeness (QED) is 0.760. The van der Waals surface area contributed by atoms with E-state index in [1.807, 2.05) is 12.1 Å². The maximum absolute atomic E-state index is 11.4. The maximum Gasteiger partial charge on any atom is 0.221 e. The van der Waals surface area contributed by atoms with E-state index in [1.54, 1.807) is 26.4 Å². The van der Waals surface area contributed by atoms with Crippen molar-refractivity contribution in [1.29, 1.82) is 0 Å². The van der Waals surface area contributed by atoms with E-state index in [2.05, 4.69) is 26.4 Å². The molecular weight excluding hydrogens is 352 g/mol. The zero-order valence-electron chi connectivity index (χ0n) is 12.4. The zero-order valence-corrected chi connectivity index (χ0v) is 14.0. The number of methoxy groups -OCH3 is 2. The van der Waals surface area contributed by atoms with E-state index >= 15 is 0 Å². The van der Waals surface area contributed by atoms with E-state index in [0.717, 1.165) is 5.56 Å². The molecule has 7 heteroatoms. The van der Waals surface area contributed by atoms with E-state index in [1.165, 1.54) is 0 Å². The van der Waals surface area contributed by atoms with Gasteiger partial charge in [0.05, 0.1) is 20.8 Å². The van der Waals surface area contributed by atoms with Crippen LogP contribution in [0, 0.1) is 0 Å². The van der Waals surface area contributed by atoms with Gasteiger partial charge in [0.25, 0.3) is 0 Å². The van der Waals surface area contributed by atoms with Crippen LogP contribution in [0.15, 0.2) is 28.8 Å². The van der Waals surface area contributed by atoms with Crippen molar-refractivity contribution in [2.24, 2.45) is 0 Å². The topological polar surface area (TPSA) is 73.6 Å². The van der Waals surface area contributed by atoms with Gasteiger partial charge in [-0.15, -0.1) is 0 Å². The Morgan fingerprint density at radius 3 is 2.73 bits per heavy atom. The number of aromatic nitrogens is 1. The number of amides is 1. The second-order valence-electron chi connectivity index (χ2n) is 4.47. The summed E-state index contributed by atoms with van der Waals surface area (Å²) in [6.07, 6.45) is 0.431. The highest BCUT2D eigenvalue weighted by Gasteiger charge is 2.11. The molecule has 0 saturated heterocycles. The van der Waals surface area contributed by atoms with E-state index in [9.17, 15) is 4.79 Å². The molecule has 0 unspecified atom stereocenters. The molecule has 0 aliphatic heterocycles. The summed E-state index contributed by atoms with van der Waals surface area (Å²) in [4.78, 5) is 11.4. The minimum atomic E-state index is -0.0347. The number of ether oxygens (including phenoxy) is 2. The van der Waals surface area contributed by atoms with Crippen LogP contribution in [0.5, 0.6) is 11.5 Å². The molecule has 2 aromatic rings. The third-order valence-electron chi connectivity index (χ3n) is 3.02. The normalized spacial score (nSPS) is 10.3. The van der Waals surface area contributed by atoms with Gasteiger partial charge in [-0.3, -0.25) is 4.79 Å². The average molecular weight is 369 g/mol. The highest BCUT2D eigenvalue weighted by atomic mass is 79.9. The molecule has 1 N–H and O–H groups in total. The molecule has 2 rings (SSSR count). The number of nitrogens with one attached hydrogen (secondary N) is 1. The number of carbonyl (C=O) groups is 1. The predicted octanol–water partition coefficient (Wildman–Crippen LogP) is 2.76. The van der Waals surface area contributed by atoms with Crippen LogP contribution in [-0.2, 0) is 11.3 Å². The SMILES string of the molecule is COc1ccc(-c2cc(CNC(=O)CCBr)no2)cc1OC. The van der Waals surface area contributed by atoms with Gasteiger partial charge in [0.15, 0.2) is 17.3 Å². The van der Waals surface area contributed by atoms with Crippen molar-refractivity contribution >= 4 is 21.8 Å². The van der Waals surface area contributed by atoms with Gasteiger partial charge in [0, 0.05) is 23.4 Å². The first-order chi connectivity index (χ1) is 10.7. The lowest BCUT2D eigenvalue weighted by Gasteiger charge is -2.07. The van der Waals surface area contributed by atoms with Crippen LogP contribution in [0.25, 0.3) is 11.3 Å². The number of hydrogen-bond donors (Lipinski definition) is 1. The largest absolute Gasteiger partial charge is 0.493 e. The summed E-state index contributed by atoms with van der Waals surface area (Å²) < 4.78 is 15.8. The molecule has 0 bridgehead atoms. The smallest absolute Gasteiger partial charge is 0.221 e. The minimum absolute atomic E-state index is 0.0347. The monoisotopic (exact) mass is 368 g/mol. The van der Waals surface area contributed by atoms with Crippen LogP contribution in [0.4, 0.5) is 0 Å². The van der Waals surface area contributed by atoms with Gasteiger partial charge in [-0.25, -0.2) is 0 Å². The van der Waals surface area contributed by atoms with Crippen LogP contribution in [0.1, 0.15) is 12.1 Å². The van der Waals surface area contributed by atoms with Gasteiger partial charge in [-0.05, 0) is 18.2 Å². The number of rotatable bonds is 7. The van der Waals surface area contributed by atoms with Crippen molar-refractivity contribution in [3.63, 3.8) is 0 Å². The Bertz CT molecular complexity index is 642. The molecular formula is C15H17BrN2O4. The number of carbonyl (C=O) groups excluding carboxylic acids is 1. The number of halogens is 1. The first-order valence-electron chi connectivity index (χ1n) is 6.68. The summed E-state index contributed by atoms with van der Waals surface area (Å²) in [5.74, 6) is 1.83. The van der Waals surface area contributed by atoms with Gasteiger partial charge < -0.3 is 19.3 Å². The Kier molecular flexibility index (Phi) is 5.83. The van der Waals surface area contributed by atoms with E-state index in [-0.39, 0.29) is 5.91 Å². The maximum atomic E-state index is 11.4. The number of benzene rings is 1. The Morgan fingerprint density at radius 2 is 2.05 bits per heavy atom. The van der Waals surface area contributed by atoms with E-state index < -0.39 is 0 Å². The van der Waals surface area contributed by atoms with Gasteiger partial charge >= 0.3 is 0 Å². The third-order valence-corrected chi connectivity index (χ3v) is 3.41. The summed E-state index contributed by atoms with van der Waals surface area (Å²) in [5, 5.41) is 7.35. The summed E-state index contributed by atoms with van der Waals surface area (Å²) in [7, 11) is 3.16. The molecule has 0 aliphatic carbocycles. The van der Waals surface area contributed by atoms with Crippen molar-refractivity contribution in [2.75, 3.05) is 19.5 Å². The predicted molar refractivity (Wildman–Crippen MR) is 85.3 cm³/mol. The Hall–Kier alpha value is -2.02. The van der Waals surface area contributed by atoms with E-state index in [4.69, 9.17) is 14.0 Å². The lowest BCUT2D eigenvalue weighted by molar-refractivity contribution is -0.120. The van der Waals surface area contributed by atoms with E-state index in [0.29, 0.717) is 41.2 Å². The summed E-state index contributed by atoms with van der Waals surface area (Å²) >= 11 is 3.22. The molecule has 0 aliphatic rings. The molecule has 0 saturated carbocycles. The van der Waals surface area contributed by atoms with Crippen LogP contribution in [0.2, 0.25) is 0 Å². The van der Waals surface area contributed by atoms with Gasteiger partial charge in [0.1, 0.15) is 5.69 Å². The number of nitrogens with zero attached hydrogens (tertiary/aromatic N) is 1. The first kappa shape index (κ1) is 16.4. The molecule has 6 nitrogen and oxygen atoms in total.